The molecule has 4 rings (SSSR count). The molecule has 0 spiro atoms. The van der Waals surface area contributed by atoms with Crippen LogP contribution in [-0.2, 0) is 13.1 Å². The zero-order chi connectivity index (χ0) is 20.2. The first-order valence-corrected chi connectivity index (χ1v) is 9.12. The number of carbonyl (C=O) groups excluding carboxylic acids is 1. The van der Waals surface area contributed by atoms with Gasteiger partial charge in [-0.2, -0.15) is 5.10 Å². The maximum Gasteiger partial charge on any atom is 0.271 e. The Kier molecular flexibility index (Phi) is 5.10. The van der Waals surface area contributed by atoms with E-state index in [9.17, 15) is 9.59 Å². The number of aromatic nitrogens is 6. The van der Waals surface area contributed by atoms with Gasteiger partial charge in [0.2, 0.25) is 0 Å². The van der Waals surface area contributed by atoms with Gasteiger partial charge in [-0.25, -0.2) is 14.6 Å². The standard InChI is InChI=1S/C20H19N7O2/c1-14-3-2-4-15(9-14)12-26-13-24-18-16(20(26)29)10-25-27(18)8-7-23-19(28)17-11-21-5-6-22-17/h2-6,9-11,13H,7-8,12H2,1H3,(H,23,28). The van der Waals surface area contributed by atoms with Crippen molar-refractivity contribution in [1.82, 2.24) is 34.6 Å². The van der Waals surface area contributed by atoms with Gasteiger partial charge in [0.05, 0.1) is 25.5 Å². The Labute approximate surface area is 166 Å². The Hall–Kier alpha value is -3.88. The Balaban J connectivity index is 1.47. The molecule has 0 aliphatic heterocycles. The third kappa shape index (κ3) is 4.03. The van der Waals surface area contributed by atoms with Gasteiger partial charge in [0, 0.05) is 18.9 Å². The van der Waals surface area contributed by atoms with Gasteiger partial charge in [-0.05, 0) is 12.5 Å². The molecule has 1 N–H and O–H groups in total. The molecule has 0 atom stereocenters. The zero-order valence-corrected chi connectivity index (χ0v) is 15.8. The first kappa shape index (κ1) is 18.5. The molecule has 1 amide bonds. The molecule has 0 radical (unpaired) electrons. The zero-order valence-electron chi connectivity index (χ0n) is 15.8. The molecule has 0 bridgehead atoms. The summed E-state index contributed by atoms with van der Waals surface area (Å²) in [5, 5.41) is 7.45. The number of hydrogen-bond donors (Lipinski definition) is 1. The number of nitrogens with one attached hydrogen (secondary N) is 1. The molecule has 0 unspecified atom stereocenters. The molecule has 9 heteroatoms. The van der Waals surface area contributed by atoms with E-state index >= 15 is 0 Å². The molecule has 0 fully saturated rings. The van der Waals surface area contributed by atoms with Crippen LogP contribution >= 0.6 is 0 Å². The molecule has 146 valence electrons. The normalized spacial score (nSPS) is 10.9. The van der Waals surface area contributed by atoms with E-state index in [1.165, 1.54) is 31.1 Å². The second kappa shape index (κ2) is 8.01. The lowest BCUT2D eigenvalue weighted by molar-refractivity contribution is 0.0946. The second-order valence-corrected chi connectivity index (χ2v) is 6.62. The summed E-state index contributed by atoms with van der Waals surface area (Å²) >= 11 is 0. The van der Waals surface area contributed by atoms with Crippen LogP contribution in [0.2, 0.25) is 0 Å². The highest BCUT2D eigenvalue weighted by atomic mass is 16.2. The monoisotopic (exact) mass is 389 g/mol. The van der Waals surface area contributed by atoms with E-state index in [0.717, 1.165) is 11.1 Å². The molecule has 3 aromatic heterocycles. The number of fused-ring (bicyclic) bond motifs is 1. The highest BCUT2D eigenvalue weighted by Crippen LogP contribution is 2.08. The van der Waals surface area contributed by atoms with Crippen molar-refractivity contribution in [3.8, 4) is 0 Å². The van der Waals surface area contributed by atoms with Crippen LogP contribution in [0.3, 0.4) is 0 Å². The van der Waals surface area contributed by atoms with Crippen molar-refractivity contribution in [2.24, 2.45) is 0 Å². The molecular weight excluding hydrogens is 370 g/mol. The molecule has 29 heavy (non-hydrogen) atoms. The van der Waals surface area contributed by atoms with Gasteiger partial charge in [0.25, 0.3) is 11.5 Å². The van der Waals surface area contributed by atoms with E-state index < -0.39 is 0 Å². The van der Waals surface area contributed by atoms with Gasteiger partial charge in [-0.15, -0.1) is 0 Å². The van der Waals surface area contributed by atoms with Crippen molar-refractivity contribution in [1.29, 1.82) is 0 Å². The summed E-state index contributed by atoms with van der Waals surface area (Å²) in [6.45, 7) is 3.16. The van der Waals surface area contributed by atoms with E-state index in [1.54, 1.807) is 9.25 Å². The van der Waals surface area contributed by atoms with Crippen molar-refractivity contribution in [2.45, 2.75) is 20.0 Å². The lowest BCUT2D eigenvalue weighted by atomic mass is 10.1. The Morgan fingerprint density at radius 2 is 2.07 bits per heavy atom. The van der Waals surface area contributed by atoms with E-state index in [4.69, 9.17) is 0 Å². The van der Waals surface area contributed by atoms with Crippen LogP contribution in [0.4, 0.5) is 0 Å². The average Bonchev–Trinajstić information content (AvgIpc) is 3.14. The van der Waals surface area contributed by atoms with Gasteiger partial charge >= 0.3 is 0 Å². The van der Waals surface area contributed by atoms with Crippen molar-refractivity contribution in [3.63, 3.8) is 0 Å². The van der Waals surface area contributed by atoms with Gasteiger partial charge in [0.1, 0.15) is 17.4 Å². The molecular formula is C20H19N7O2. The number of carbonyl (C=O) groups is 1. The summed E-state index contributed by atoms with van der Waals surface area (Å²) in [6, 6.07) is 8.00. The molecule has 0 aliphatic carbocycles. The van der Waals surface area contributed by atoms with Gasteiger partial charge in [-0.3, -0.25) is 19.1 Å². The van der Waals surface area contributed by atoms with Crippen LogP contribution in [0.15, 0.2) is 60.2 Å². The molecule has 1 aromatic carbocycles. The van der Waals surface area contributed by atoms with E-state index in [-0.39, 0.29) is 17.2 Å². The fraction of sp³-hybridized carbons (Fsp3) is 0.200. The second-order valence-electron chi connectivity index (χ2n) is 6.62. The van der Waals surface area contributed by atoms with E-state index in [1.807, 2.05) is 31.2 Å². The van der Waals surface area contributed by atoms with E-state index in [2.05, 4.69) is 25.4 Å². The van der Waals surface area contributed by atoms with Crippen LogP contribution in [-0.4, -0.2) is 41.8 Å². The third-order valence-corrected chi connectivity index (χ3v) is 4.46. The van der Waals surface area contributed by atoms with Crippen LogP contribution in [0.1, 0.15) is 21.6 Å². The van der Waals surface area contributed by atoms with Crippen molar-refractivity contribution < 1.29 is 4.79 Å². The minimum atomic E-state index is -0.317. The lowest BCUT2D eigenvalue weighted by Gasteiger charge is -2.08. The Morgan fingerprint density at radius 3 is 2.86 bits per heavy atom. The summed E-state index contributed by atoms with van der Waals surface area (Å²) in [5.41, 5.74) is 2.76. The lowest BCUT2D eigenvalue weighted by Crippen LogP contribution is -2.28. The largest absolute Gasteiger partial charge is 0.349 e. The van der Waals surface area contributed by atoms with Crippen LogP contribution in [0.5, 0.6) is 0 Å². The first-order chi connectivity index (χ1) is 14.1. The molecule has 9 nitrogen and oxygen atoms in total. The Bertz CT molecular complexity index is 1210. The summed E-state index contributed by atoms with van der Waals surface area (Å²) in [5.74, 6) is -0.317. The smallest absolute Gasteiger partial charge is 0.271 e. The number of amides is 1. The van der Waals surface area contributed by atoms with Gasteiger partial charge in [-0.1, -0.05) is 29.8 Å². The maximum atomic E-state index is 12.8. The number of rotatable bonds is 6. The topological polar surface area (TPSA) is 108 Å². The van der Waals surface area contributed by atoms with Gasteiger partial charge in [0.15, 0.2) is 5.65 Å². The number of nitrogens with zero attached hydrogens (tertiary/aromatic N) is 6. The van der Waals surface area contributed by atoms with E-state index in [0.29, 0.717) is 30.7 Å². The molecule has 4 aromatic rings. The van der Waals surface area contributed by atoms with Crippen LogP contribution in [0, 0.1) is 6.92 Å². The Morgan fingerprint density at radius 1 is 1.17 bits per heavy atom. The predicted octanol–water partition coefficient (Wildman–Crippen LogP) is 1.17. The predicted molar refractivity (Wildman–Crippen MR) is 106 cm³/mol. The highest BCUT2D eigenvalue weighted by Gasteiger charge is 2.11. The maximum absolute atomic E-state index is 12.8. The van der Waals surface area contributed by atoms with Crippen LogP contribution < -0.4 is 10.9 Å². The summed E-state index contributed by atoms with van der Waals surface area (Å²) < 4.78 is 3.17. The average molecular weight is 389 g/mol. The van der Waals surface area contributed by atoms with Crippen molar-refractivity contribution in [2.75, 3.05) is 6.54 Å². The summed E-state index contributed by atoms with van der Waals surface area (Å²) in [4.78, 5) is 37.0. The van der Waals surface area contributed by atoms with Crippen molar-refractivity contribution >= 4 is 16.9 Å². The quantitative estimate of drug-likeness (QED) is 0.530. The number of hydrogen-bond acceptors (Lipinski definition) is 6. The summed E-state index contributed by atoms with van der Waals surface area (Å²) in [7, 11) is 0. The number of aryl methyl sites for hydroxylation is 1. The molecule has 3 heterocycles. The van der Waals surface area contributed by atoms with Crippen LogP contribution in [0.25, 0.3) is 11.0 Å². The number of benzene rings is 1. The van der Waals surface area contributed by atoms with Gasteiger partial charge < -0.3 is 5.32 Å². The fourth-order valence-electron chi connectivity index (χ4n) is 3.06. The highest BCUT2D eigenvalue weighted by molar-refractivity contribution is 5.91. The molecule has 0 saturated carbocycles. The molecule has 0 saturated heterocycles. The fourth-order valence-corrected chi connectivity index (χ4v) is 3.06. The molecule has 0 aliphatic rings. The summed E-state index contributed by atoms with van der Waals surface area (Å²) in [6.07, 6.45) is 7.41. The minimum Gasteiger partial charge on any atom is -0.349 e. The first-order valence-electron chi connectivity index (χ1n) is 9.12. The van der Waals surface area contributed by atoms with Crippen molar-refractivity contribution in [3.05, 3.63) is 82.6 Å². The minimum absolute atomic E-state index is 0.147. The SMILES string of the molecule is Cc1cccc(Cn2cnc3c(cnn3CCNC(=O)c3cnccn3)c2=O)c1. The third-order valence-electron chi connectivity index (χ3n) is 4.46.